The molecular formula is C17H19FN2O4S. The zero-order valence-corrected chi connectivity index (χ0v) is 14.6. The minimum absolute atomic E-state index is 0.0390. The van der Waals surface area contributed by atoms with Gasteiger partial charge in [0.05, 0.1) is 4.90 Å². The van der Waals surface area contributed by atoms with E-state index in [9.17, 15) is 17.6 Å². The number of hydrazine groups is 1. The summed E-state index contributed by atoms with van der Waals surface area (Å²) in [7, 11) is -3.88. The highest BCUT2D eigenvalue weighted by atomic mass is 32.2. The fourth-order valence-corrected chi connectivity index (χ4v) is 2.80. The maximum absolute atomic E-state index is 12.8. The number of hydrogen-bond acceptors (Lipinski definition) is 4. The van der Waals surface area contributed by atoms with Gasteiger partial charge in [-0.3, -0.25) is 10.2 Å². The Kier molecular flexibility index (Phi) is 6.11. The molecule has 0 bridgehead atoms. The van der Waals surface area contributed by atoms with Crippen LogP contribution in [0.3, 0.4) is 0 Å². The Bertz CT molecular complexity index is 821. The molecule has 0 aromatic heterocycles. The lowest BCUT2D eigenvalue weighted by atomic mass is 10.2. The molecular weight excluding hydrogens is 347 g/mol. The van der Waals surface area contributed by atoms with Gasteiger partial charge < -0.3 is 4.74 Å². The first-order chi connectivity index (χ1) is 11.8. The normalized spacial score (nSPS) is 12.4. The maximum Gasteiger partial charge on any atom is 0.275 e. The molecule has 2 aromatic rings. The molecule has 0 aliphatic heterocycles. The first kappa shape index (κ1) is 18.9. The Morgan fingerprint density at radius 2 is 1.72 bits per heavy atom. The van der Waals surface area contributed by atoms with Gasteiger partial charge in [0.1, 0.15) is 11.6 Å². The van der Waals surface area contributed by atoms with Gasteiger partial charge in [0.25, 0.3) is 15.9 Å². The van der Waals surface area contributed by atoms with E-state index in [0.29, 0.717) is 5.75 Å². The van der Waals surface area contributed by atoms with Crippen LogP contribution in [0, 0.1) is 5.82 Å². The summed E-state index contributed by atoms with van der Waals surface area (Å²) in [5.41, 5.74) is 3.11. The number of nitrogens with one attached hydrogen (secondary N) is 2. The lowest BCUT2D eigenvalue weighted by Crippen LogP contribution is -2.47. The predicted molar refractivity (Wildman–Crippen MR) is 90.8 cm³/mol. The van der Waals surface area contributed by atoms with E-state index in [2.05, 4.69) is 5.43 Å². The van der Waals surface area contributed by atoms with E-state index in [1.165, 1.54) is 43.3 Å². The van der Waals surface area contributed by atoms with Crippen molar-refractivity contribution in [3.8, 4) is 5.75 Å². The fraction of sp³-hybridized carbons (Fsp3) is 0.235. The summed E-state index contributed by atoms with van der Waals surface area (Å²) in [6, 6.07) is 11.5. The minimum atomic E-state index is -3.88. The van der Waals surface area contributed by atoms with Gasteiger partial charge in [-0.15, -0.1) is 4.83 Å². The summed E-state index contributed by atoms with van der Waals surface area (Å²) in [5, 5.41) is 0. The Hall–Kier alpha value is -2.45. The Balaban J connectivity index is 1.94. The van der Waals surface area contributed by atoms with Crippen LogP contribution >= 0.6 is 0 Å². The molecule has 0 heterocycles. The van der Waals surface area contributed by atoms with Crippen molar-refractivity contribution in [3.63, 3.8) is 0 Å². The van der Waals surface area contributed by atoms with E-state index in [1.807, 2.05) is 11.8 Å². The van der Waals surface area contributed by atoms with E-state index < -0.39 is 27.9 Å². The maximum atomic E-state index is 12.8. The summed E-state index contributed by atoms with van der Waals surface area (Å²) in [5.74, 6) is -0.813. The highest BCUT2D eigenvalue weighted by Gasteiger charge is 2.19. The number of halogens is 1. The van der Waals surface area contributed by atoms with Crippen LogP contribution in [0.2, 0.25) is 0 Å². The highest BCUT2D eigenvalue weighted by Crippen LogP contribution is 2.13. The molecule has 0 saturated carbocycles. The van der Waals surface area contributed by atoms with E-state index >= 15 is 0 Å². The monoisotopic (exact) mass is 366 g/mol. The molecule has 8 heteroatoms. The molecule has 25 heavy (non-hydrogen) atoms. The molecule has 2 aromatic carbocycles. The van der Waals surface area contributed by atoms with Gasteiger partial charge in [-0.25, -0.2) is 12.8 Å². The molecule has 6 nitrogen and oxygen atoms in total. The van der Waals surface area contributed by atoms with Gasteiger partial charge in [0.2, 0.25) is 0 Å². The van der Waals surface area contributed by atoms with Crippen LogP contribution in [0.15, 0.2) is 53.4 Å². The van der Waals surface area contributed by atoms with Gasteiger partial charge in [0, 0.05) is 0 Å². The molecule has 0 saturated heterocycles. The zero-order chi connectivity index (χ0) is 18.4. The van der Waals surface area contributed by atoms with E-state index in [0.717, 1.165) is 12.0 Å². The molecule has 0 spiro atoms. The van der Waals surface area contributed by atoms with Gasteiger partial charge >= 0.3 is 0 Å². The summed E-state index contributed by atoms with van der Waals surface area (Å²) in [6.07, 6.45) is -0.182. The predicted octanol–water partition coefficient (Wildman–Crippen LogP) is 2.17. The first-order valence-electron chi connectivity index (χ1n) is 7.64. The minimum Gasteiger partial charge on any atom is -0.481 e. The Labute approximate surface area is 146 Å². The quantitative estimate of drug-likeness (QED) is 0.736. The third kappa shape index (κ3) is 5.27. The number of rotatable bonds is 7. The van der Waals surface area contributed by atoms with E-state index in [4.69, 9.17) is 4.74 Å². The molecule has 2 rings (SSSR count). The number of amides is 1. The molecule has 0 radical (unpaired) electrons. The van der Waals surface area contributed by atoms with Crippen LogP contribution < -0.4 is 15.0 Å². The van der Waals surface area contributed by atoms with Crippen LogP contribution in [-0.2, 0) is 21.2 Å². The molecule has 0 aliphatic rings. The van der Waals surface area contributed by atoms with Gasteiger partial charge in [0.15, 0.2) is 6.10 Å². The molecule has 0 fully saturated rings. The van der Waals surface area contributed by atoms with Crippen molar-refractivity contribution in [3.05, 3.63) is 59.9 Å². The standard InChI is InChI=1S/C17H19FN2O4S/c1-3-13-4-10-16(11-5-13)25(22,23)20-19-17(21)12(2)24-15-8-6-14(18)7-9-15/h4-12,20H,3H2,1-2H3,(H,19,21)/t12-/m0/s1. The van der Waals surface area contributed by atoms with Crippen molar-refractivity contribution in [1.82, 2.24) is 10.3 Å². The van der Waals surface area contributed by atoms with Crippen molar-refractivity contribution in [1.29, 1.82) is 0 Å². The SMILES string of the molecule is CCc1ccc(S(=O)(=O)NNC(=O)[C@H](C)Oc2ccc(F)cc2)cc1. The second-order valence-electron chi connectivity index (χ2n) is 5.31. The first-order valence-corrected chi connectivity index (χ1v) is 9.13. The lowest BCUT2D eigenvalue weighted by Gasteiger charge is -2.15. The smallest absolute Gasteiger partial charge is 0.275 e. The number of carbonyl (C=O) groups excluding carboxylic acids is 1. The molecule has 2 N–H and O–H groups in total. The van der Waals surface area contributed by atoms with Gasteiger partial charge in [-0.1, -0.05) is 19.1 Å². The number of benzene rings is 2. The second kappa shape index (κ2) is 8.09. The molecule has 1 atom stereocenters. The molecule has 134 valence electrons. The van der Waals surface area contributed by atoms with Gasteiger partial charge in [-0.05, 0) is 55.3 Å². The summed E-state index contributed by atoms with van der Waals surface area (Å²) >= 11 is 0. The highest BCUT2D eigenvalue weighted by molar-refractivity contribution is 7.89. The average Bonchev–Trinajstić information content (AvgIpc) is 2.61. The van der Waals surface area contributed by atoms with Crippen LogP contribution in [-0.4, -0.2) is 20.4 Å². The van der Waals surface area contributed by atoms with Crippen LogP contribution in [0.1, 0.15) is 19.4 Å². The van der Waals surface area contributed by atoms with Crippen LogP contribution in [0.5, 0.6) is 5.75 Å². The largest absolute Gasteiger partial charge is 0.481 e. The topological polar surface area (TPSA) is 84.5 Å². The van der Waals surface area contributed by atoms with Crippen molar-refractivity contribution >= 4 is 15.9 Å². The van der Waals surface area contributed by atoms with Gasteiger partial charge in [-0.2, -0.15) is 0 Å². The molecule has 0 unspecified atom stereocenters. The number of carbonyl (C=O) groups is 1. The van der Waals surface area contributed by atoms with Crippen molar-refractivity contribution in [2.24, 2.45) is 0 Å². The molecule has 1 amide bonds. The third-order valence-corrected chi connectivity index (χ3v) is 4.71. The van der Waals surface area contributed by atoms with E-state index in [-0.39, 0.29) is 4.90 Å². The number of aryl methyl sites for hydroxylation is 1. The number of sulfonamides is 1. The summed E-state index contributed by atoms with van der Waals surface area (Å²) in [6.45, 7) is 3.41. The Morgan fingerprint density at radius 3 is 2.28 bits per heavy atom. The van der Waals surface area contributed by atoms with Crippen LogP contribution in [0.4, 0.5) is 4.39 Å². The third-order valence-electron chi connectivity index (χ3n) is 3.45. The van der Waals surface area contributed by atoms with Crippen molar-refractivity contribution < 1.29 is 22.3 Å². The van der Waals surface area contributed by atoms with Crippen molar-refractivity contribution in [2.75, 3.05) is 0 Å². The molecule has 0 aliphatic carbocycles. The van der Waals surface area contributed by atoms with Crippen LogP contribution in [0.25, 0.3) is 0 Å². The average molecular weight is 366 g/mol. The fourth-order valence-electron chi connectivity index (χ4n) is 1.95. The van der Waals surface area contributed by atoms with E-state index in [1.54, 1.807) is 12.1 Å². The zero-order valence-electron chi connectivity index (χ0n) is 13.8. The summed E-state index contributed by atoms with van der Waals surface area (Å²) < 4.78 is 42.4. The Morgan fingerprint density at radius 1 is 1.12 bits per heavy atom. The lowest BCUT2D eigenvalue weighted by molar-refractivity contribution is -0.127. The second-order valence-corrected chi connectivity index (χ2v) is 6.99. The van der Waals surface area contributed by atoms with Crippen molar-refractivity contribution in [2.45, 2.75) is 31.3 Å². The number of hydrogen-bond donors (Lipinski definition) is 2. The summed E-state index contributed by atoms with van der Waals surface area (Å²) in [4.78, 5) is 14.0. The number of ether oxygens (including phenoxy) is 1.